The molecule has 0 saturated heterocycles. The Labute approximate surface area is 360 Å². The van der Waals surface area contributed by atoms with Crippen molar-refractivity contribution in [1.29, 1.82) is 0 Å². The number of hydrogen-bond acceptors (Lipinski definition) is 8. The van der Waals surface area contributed by atoms with Crippen LogP contribution in [0.1, 0.15) is 95.3 Å². The third-order valence-corrected chi connectivity index (χ3v) is 11.2. The Bertz CT molecular complexity index is 2240. The van der Waals surface area contributed by atoms with Crippen molar-refractivity contribution in [3.8, 4) is 23.0 Å². The van der Waals surface area contributed by atoms with Crippen molar-refractivity contribution in [1.82, 2.24) is 9.80 Å². The summed E-state index contributed by atoms with van der Waals surface area (Å²) >= 11 is 0. The van der Waals surface area contributed by atoms with Gasteiger partial charge in [-0.3, -0.25) is 0 Å². The Hall–Kier alpha value is -6.10. The summed E-state index contributed by atoms with van der Waals surface area (Å²) in [5, 5.41) is 61.8. The zero-order valence-electron chi connectivity index (χ0n) is 36.6. The van der Waals surface area contributed by atoms with Crippen molar-refractivity contribution in [2.24, 2.45) is 11.8 Å². The number of nitrogens with zero attached hydrogens (tertiary/aromatic N) is 2. The van der Waals surface area contributed by atoms with Gasteiger partial charge < -0.3 is 40.4 Å². The number of phenols is 4. The predicted octanol–water partition coefficient (Wildman–Crippen LogP) is 10.6. The molecule has 10 heteroatoms. The van der Waals surface area contributed by atoms with Gasteiger partial charge in [0.2, 0.25) is 0 Å². The molecule has 0 amide bonds. The quantitative estimate of drug-likeness (QED) is 0.0623. The van der Waals surface area contributed by atoms with Crippen molar-refractivity contribution in [3.63, 3.8) is 0 Å². The molecule has 6 aromatic carbocycles. The van der Waals surface area contributed by atoms with Gasteiger partial charge in [-0.15, -0.1) is 0 Å². The molecule has 0 aromatic heterocycles. The molecule has 0 radical (unpaired) electrons. The molecule has 6 rings (SSSR count). The van der Waals surface area contributed by atoms with E-state index in [4.69, 9.17) is 0 Å². The van der Waals surface area contributed by atoms with Gasteiger partial charge in [-0.25, -0.2) is 9.59 Å². The van der Waals surface area contributed by atoms with Crippen LogP contribution in [-0.2, 0) is 6.42 Å². The molecule has 61 heavy (non-hydrogen) atoms. The average Bonchev–Trinajstić information content (AvgIpc) is 3.20. The fraction of sp³-hybridized carbons (Fsp3) is 0.333. The first-order valence-electron chi connectivity index (χ1n) is 20.8. The van der Waals surface area contributed by atoms with E-state index in [1.54, 1.807) is 60.7 Å². The second kappa shape index (κ2) is 21.9. The number of benzene rings is 6. The molecule has 0 spiro atoms. The summed E-state index contributed by atoms with van der Waals surface area (Å²) in [6.45, 7) is 11.1. The van der Waals surface area contributed by atoms with E-state index in [9.17, 15) is 40.2 Å². The topological polar surface area (TPSA) is 162 Å². The first-order valence-corrected chi connectivity index (χ1v) is 20.8. The van der Waals surface area contributed by atoms with E-state index < -0.39 is 23.4 Å². The summed E-state index contributed by atoms with van der Waals surface area (Å²) in [6, 6.07) is 32.1. The van der Waals surface area contributed by atoms with Crippen LogP contribution in [0, 0.1) is 11.8 Å². The van der Waals surface area contributed by atoms with Crippen LogP contribution in [0.3, 0.4) is 0 Å². The first kappa shape index (κ1) is 47.6. The van der Waals surface area contributed by atoms with Crippen molar-refractivity contribution < 1.29 is 40.2 Å². The largest absolute Gasteiger partial charge is 0.508 e. The summed E-state index contributed by atoms with van der Waals surface area (Å²) in [6.07, 6.45) is 2.18. The molecule has 0 aliphatic heterocycles. The van der Waals surface area contributed by atoms with Gasteiger partial charge in [0.15, 0.2) is 0 Å². The summed E-state index contributed by atoms with van der Waals surface area (Å²) in [4.78, 5) is 27.6. The van der Waals surface area contributed by atoms with Gasteiger partial charge in [-0.1, -0.05) is 100 Å². The second-order valence-corrected chi connectivity index (χ2v) is 16.4. The van der Waals surface area contributed by atoms with Gasteiger partial charge in [-0.2, -0.15) is 0 Å². The lowest BCUT2D eigenvalue weighted by molar-refractivity contribution is 0.0682. The smallest absolute Gasteiger partial charge is 0.339 e. The van der Waals surface area contributed by atoms with Crippen LogP contribution in [0.2, 0.25) is 0 Å². The fourth-order valence-electron chi connectivity index (χ4n) is 8.53. The average molecular weight is 831 g/mol. The number of aromatic carboxylic acids is 2. The van der Waals surface area contributed by atoms with Crippen LogP contribution in [-0.4, -0.2) is 93.7 Å². The lowest BCUT2D eigenvalue weighted by atomic mass is 9.85. The molecule has 0 aliphatic carbocycles. The van der Waals surface area contributed by atoms with E-state index in [2.05, 4.69) is 77.8 Å². The molecule has 10 nitrogen and oxygen atoms in total. The van der Waals surface area contributed by atoms with Crippen LogP contribution in [0.15, 0.2) is 109 Å². The van der Waals surface area contributed by atoms with E-state index in [0.29, 0.717) is 67.8 Å². The molecule has 0 unspecified atom stereocenters. The van der Waals surface area contributed by atoms with Gasteiger partial charge in [0.1, 0.15) is 34.1 Å². The maximum absolute atomic E-state index is 11.6. The summed E-state index contributed by atoms with van der Waals surface area (Å²) in [7, 11) is 8.41. The van der Waals surface area contributed by atoms with Crippen LogP contribution in [0.25, 0.3) is 21.5 Å². The molecular formula is C51H62N2O8. The van der Waals surface area contributed by atoms with Gasteiger partial charge in [0.05, 0.1) is 0 Å². The Kier molecular flexibility index (Phi) is 17.1. The number of aromatic hydroxyl groups is 4. The second-order valence-electron chi connectivity index (χ2n) is 16.4. The Morgan fingerprint density at radius 3 is 1.20 bits per heavy atom. The van der Waals surface area contributed by atoms with Crippen molar-refractivity contribution >= 4 is 33.5 Å². The highest BCUT2D eigenvalue weighted by Crippen LogP contribution is 2.39. The SMILES string of the molecule is CC[C@@H](c1cccc(O)c1)[C@@H](C)CN(C)C.CC[C@@H](c1cccc(O)c1)[C@@H](C)CN(C)C.O=C(O)c1cc2ccccc2c(Cc2c(O)c(C(=O)O)cc3ccccc23)c1O. The molecule has 0 saturated carbocycles. The van der Waals surface area contributed by atoms with Gasteiger partial charge >= 0.3 is 11.9 Å². The number of rotatable bonds is 14. The van der Waals surface area contributed by atoms with E-state index >= 15 is 0 Å². The lowest BCUT2D eigenvalue weighted by Gasteiger charge is -2.26. The molecule has 324 valence electrons. The van der Waals surface area contributed by atoms with E-state index in [0.717, 1.165) is 25.9 Å². The molecule has 6 aromatic rings. The fourth-order valence-corrected chi connectivity index (χ4v) is 8.53. The number of fused-ring (bicyclic) bond motifs is 2. The molecule has 0 fully saturated rings. The van der Waals surface area contributed by atoms with Crippen LogP contribution in [0.5, 0.6) is 23.0 Å². The number of phenolic OH excluding ortho intramolecular Hbond substituents is 2. The van der Waals surface area contributed by atoms with Gasteiger partial charge in [-0.05, 0) is 134 Å². The van der Waals surface area contributed by atoms with E-state index in [1.807, 2.05) is 24.3 Å². The van der Waals surface area contributed by atoms with E-state index in [1.165, 1.54) is 23.3 Å². The monoisotopic (exact) mass is 830 g/mol. The third kappa shape index (κ3) is 12.5. The van der Waals surface area contributed by atoms with Crippen molar-refractivity contribution in [3.05, 3.63) is 143 Å². The molecule has 6 N–H and O–H groups in total. The maximum atomic E-state index is 11.6. The zero-order chi connectivity index (χ0) is 45.0. The molecular weight excluding hydrogens is 769 g/mol. The van der Waals surface area contributed by atoms with E-state index in [-0.39, 0.29) is 17.5 Å². The van der Waals surface area contributed by atoms with Crippen molar-refractivity contribution in [2.45, 2.75) is 58.8 Å². The number of carboxylic acid groups (broad SMARTS) is 2. The van der Waals surface area contributed by atoms with Gasteiger partial charge in [0.25, 0.3) is 0 Å². The Morgan fingerprint density at radius 1 is 0.525 bits per heavy atom. The summed E-state index contributed by atoms with van der Waals surface area (Å²) in [5.74, 6) is -0.375. The van der Waals surface area contributed by atoms with Gasteiger partial charge in [0, 0.05) is 30.6 Å². The third-order valence-electron chi connectivity index (χ3n) is 11.2. The summed E-state index contributed by atoms with van der Waals surface area (Å²) < 4.78 is 0. The van der Waals surface area contributed by atoms with Crippen LogP contribution in [0.4, 0.5) is 0 Å². The molecule has 0 heterocycles. The summed E-state index contributed by atoms with van der Waals surface area (Å²) in [5.41, 5.74) is 2.61. The Morgan fingerprint density at radius 2 is 0.885 bits per heavy atom. The molecule has 0 bridgehead atoms. The highest BCUT2D eigenvalue weighted by molar-refractivity contribution is 6.02. The first-order chi connectivity index (χ1) is 29.0. The predicted molar refractivity (Wildman–Crippen MR) is 246 cm³/mol. The van der Waals surface area contributed by atoms with Crippen LogP contribution < -0.4 is 0 Å². The number of carbonyl (C=O) groups is 2. The minimum atomic E-state index is -1.28. The van der Waals surface area contributed by atoms with Crippen LogP contribution >= 0.6 is 0 Å². The molecule has 0 aliphatic rings. The zero-order valence-corrected chi connectivity index (χ0v) is 36.6. The minimum absolute atomic E-state index is 0.0407. The Balaban J connectivity index is 0.000000219. The normalized spacial score (nSPS) is 13.1. The lowest BCUT2D eigenvalue weighted by Crippen LogP contribution is -2.24. The minimum Gasteiger partial charge on any atom is -0.508 e. The number of hydrogen-bond donors (Lipinski definition) is 6. The van der Waals surface area contributed by atoms with Crippen molar-refractivity contribution in [2.75, 3.05) is 41.3 Å². The highest BCUT2D eigenvalue weighted by atomic mass is 16.4. The standard InChI is InChI=1S/C23H16O6.2C14H23NO/c24-20-16(14-7-3-1-5-12(14)9-18(20)22(26)27)11-17-15-8-4-2-6-13(15)10-19(21(17)25)23(28)29;2*1-5-14(11(2)10-15(3)4)12-7-6-8-13(16)9-12/h1-10,24-25H,11H2,(H,26,27)(H,28,29);2*6-9,11,14,16H,5,10H2,1-4H3/t;2*11-,14+/m.00/s1. The maximum Gasteiger partial charge on any atom is 0.339 e. The number of carboxylic acids is 2. The molecule has 4 atom stereocenters. The highest BCUT2D eigenvalue weighted by Gasteiger charge is 2.23.